The van der Waals surface area contributed by atoms with E-state index in [1.54, 1.807) is 0 Å². The third-order valence-electron chi connectivity index (χ3n) is 3.79. The molecule has 1 aromatic carbocycles. The summed E-state index contributed by atoms with van der Waals surface area (Å²) >= 11 is 0. The maximum absolute atomic E-state index is 12.4. The molecule has 88 valence electrons. The fraction of sp³-hybridized carbons (Fsp3) is 0.438. The maximum atomic E-state index is 12.4. The number of ketones is 1. The van der Waals surface area contributed by atoms with Crippen molar-refractivity contribution in [2.24, 2.45) is 0 Å². The molecule has 0 radical (unpaired) electrons. The van der Waals surface area contributed by atoms with Crippen LogP contribution in [-0.2, 0) is 10.2 Å². The van der Waals surface area contributed by atoms with Crippen LogP contribution in [0.5, 0.6) is 0 Å². The van der Waals surface area contributed by atoms with Crippen molar-refractivity contribution in [2.45, 2.75) is 43.9 Å². The summed E-state index contributed by atoms with van der Waals surface area (Å²) in [7, 11) is 0. The number of hydrogen-bond donors (Lipinski definition) is 0. The van der Waals surface area contributed by atoms with Crippen LogP contribution in [0, 0.1) is 12.3 Å². The molecule has 0 aliphatic heterocycles. The topological polar surface area (TPSA) is 17.1 Å². The summed E-state index contributed by atoms with van der Waals surface area (Å²) in [5.41, 5.74) is 1.01. The monoisotopic (exact) mass is 226 g/mol. The molecule has 1 aliphatic carbocycles. The van der Waals surface area contributed by atoms with Crippen LogP contribution >= 0.6 is 0 Å². The second-order valence-electron chi connectivity index (χ2n) is 4.78. The Balaban J connectivity index is 2.10. The highest BCUT2D eigenvalue weighted by Crippen LogP contribution is 2.45. The van der Waals surface area contributed by atoms with Crippen LogP contribution in [0.4, 0.5) is 0 Å². The van der Waals surface area contributed by atoms with Crippen LogP contribution < -0.4 is 0 Å². The minimum atomic E-state index is -0.185. The quantitative estimate of drug-likeness (QED) is 0.555. The Labute approximate surface area is 103 Å². The summed E-state index contributed by atoms with van der Waals surface area (Å²) < 4.78 is 0. The molecule has 2 rings (SSSR count). The smallest absolute Gasteiger partial charge is 0.143 e. The largest absolute Gasteiger partial charge is 0.299 e. The normalized spacial score (nSPS) is 16.9. The Morgan fingerprint density at radius 2 is 2.00 bits per heavy atom. The summed E-state index contributed by atoms with van der Waals surface area (Å²) in [6.45, 7) is 0. The molecule has 17 heavy (non-hydrogen) atoms. The van der Waals surface area contributed by atoms with E-state index < -0.39 is 0 Å². The van der Waals surface area contributed by atoms with Gasteiger partial charge in [-0.15, -0.1) is 12.3 Å². The Bertz CT molecular complexity index is 421. The van der Waals surface area contributed by atoms with Crippen LogP contribution in [0.25, 0.3) is 0 Å². The lowest BCUT2D eigenvalue weighted by Gasteiger charge is -2.41. The van der Waals surface area contributed by atoms with Gasteiger partial charge in [-0.05, 0) is 24.8 Å². The molecule has 0 heterocycles. The first kappa shape index (κ1) is 11.9. The summed E-state index contributed by atoms with van der Waals surface area (Å²) in [4.78, 5) is 12.4. The fourth-order valence-electron chi connectivity index (χ4n) is 2.61. The average Bonchev–Trinajstić information content (AvgIpc) is 2.29. The van der Waals surface area contributed by atoms with Crippen molar-refractivity contribution in [3.8, 4) is 12.3 Å². The molecular formula is C16H18O. The molecule has 0 spiro atoms. The number of benzene rings is 1. The van der Waals surface area contributed by atoms with E-state index in [9.17, 15) is 4.79 Å². The van der Waals surface area contributed by atoms with E-state index in [0.717, 1.165) is 25.7 Å². The van der Waals surface area contributed by atoms with Gasteiger partial charge in [-0.3, -0.25) is 4.79 Å². The highest BCUT2D eigenvalue weighted by Gasteiger charge is 2.44. The Morgan fingerprint density at radius 3 is 2.53 bits per heavy atom. The van der Waals surface area contributed by atoms with Crippen molar-refractivity contribution in [1.82, 2.24) is 0 Å². The van der Waals surface area contributed by atoms with Gasteiger partial charge in [0.25, 0.3) is 0 Å². The lowest BCUT2D eigenvalue weighted by molar-refractivity contribution is -0.127. The Hall–Kier alpha value is -1.55. The van der Waals surface area contributed by atoms with E-state index in [2.05, 4.69) is 18.1 Å². The third-order valence-corrected chi connectivity index (χ3v) is 3.79. The fourth-order valence-corrected chi connectivity index (χ4v) is 2.61. The molecule has 1 saturated carbocycles. The van der Waals surface area contributed by atoms with E-state index in [0.29, 0.717) is 18.6 Å². The highest BCUT2D eigenvalue weighted by atomic mass is 16.1. The second kappa shape index (κ2) is 5.19. The molecule has 0 aromatic heterocycles. The zero-order valence-corrected chi connectivity index (χ0v) is 10.1. The second-order valence-corrected chi connectivity index (χ2v) is 4.78. The number of hydrogen-bond acceptors (Lipinski definition) is 1. The van der Waals surface area contributed by atoms with Gasteiger partial charge < -0.3 is 0 Å². The van der Waals surface area contributed by atoms with Gasteiger partial charge in [0.2, 0.25) is 0 Å². The van der Waals surface area contributed by atoms with E-state index in [1.165, 1.54) is 5.56 Å². The number of rotatable bonds is 5. The zero-order valence-electron chi connectivity index (χ0n) is 10.1. The summed E-state index contributed by atoms with van der Waals surface area (Å²) in [5, 5.41) is 0. The van der Waals surface area contributed by atoms with E-state index in [-0.39, 0.29) is 5.41 Å². The minimum absolute atomic E-state index is 0.185. The molecule has 0 bridgehead atoms. The zero-order chi connectivity index (χ0) is 12.1. The number of unbranched alkanes of at least 4 members (excludes halogenated alkanes) is 1. The molecular weight excluding hydrogens is 208 g/mol. The minimum Gasteiger partial charge on any atom is -0.299 e. The van der Waals surface area contributed by atoms with Crippen molar-refractivity contribution < 1.29 is 4.79 Å². The van der Waals surface area contributed by atoms with Crippen LogP contribution in [-0.4, -0.2) is 5.78 Å². The number of carbonyl (C=O) groups is 1. The van der Waals surface area contributed by atoms with Crippen molar-refractivity contribution in [2.75, 3.05) is 0 Å². The predicted octanol–water partition coefficient (Wildman–Crippen LogP) is 3.48. The molecule has 1 heteroatoms. The number of Topliss-reactive ketones (excluding diaryl/α,β-unsaturated/α-hetero) is 1. The van der Waals surface area contributed by atoms with Crippen LogP contribution in [0.1, 0.15) is 44.1 Å². The summed E-state index contributed by atoms with van der Waals surface area (Å²) in [5.74, 6) is 2.98. The van der Waals surface area contributed by atoms with Crippen molar-refractivity contribution in [1.29, 1.82) is 0 Å². The van der Waals surface area contributed by atoms with Gasteiger partial charge in [0.05, 0.1) is 5.41 Å². The van der Waals surface area contributed by atoms with Gasteiger partial charge in [0, 0.05) is 12.8 Å². The molecule has 0 unspecified atom stereocenters. The molecule has 1 aliphatic rings. The first-order valence-corrected chi connectivity index (χ1v) is 6.32. The van der Waals surface area contributed by atoms with E-state index in [1.807, 2.05) is 18.2 Å². The molecule has 1 aromatic rings. The molecule has 0 N–H and O–H groups in total. The molecule has 1 fully saturated rings. The van der Waals surface area contributed by atoms with Gasteiger partial charge in [-0.25, -0.2) is 0 Å². The van der Waals surface area contributed by atoms with Gasteiger partial charge >= 0.3 is 0 Å². The van der Waals surface area contributed by atoms with Crippen molar-refractivity contribution in [3.05, 3.63) is 35.9 Å². The first-order chi connectivity index (χ1) is 8.29. The maximum Gasteiger partial charge on any atom is 0.143 e. The number of terminal acetylenes is 1. The Morgan fingerprint density at radius 1 is 1.29 bits per heavy atom. The van der Waals surface area contributed by atoms with E-state index >= 15 is 0 Å². The van der Waals surface area contributed by atoms with Crippen molar-refractivity contribution in [3.63, 3.8) is 0 Å². The lowest BCUT2D eigenvalue weighted by Crippen LogP contribution is -2.42. The predicted molar refractivity (Wildman–Crippen MR) is 69.7 cm³/mol. The summed E-state index contributed by atoms with van der Waals surface area (Å²) in [6.07, 6.45) is 10.5. The Kier molecular flexibility index (Phi) is 3.64. The number of carbonyl (C=O) groups excluding carboxylic acids is 1. The van der Waals surface area contributed by atoms with Gasteiger partial charge in [0.1, 0.15) is 5.78 Å². The standard InChI is InChI=1S/C16H18O/c1-2-3-5-11-15(17)16(12-8-13-16)14-9-6-4-7-10-14/h1,4,6-7,9-10H,3,5,8,11-13H2. The van der Waals surface area contributed by atoms with Gasteiger partial charge in [-0.1, -0.05) is 36.8 Å². The highest BCUT2D eigenvalue weighted by molar-refractivity contribution is 5.91. The SMILES string of the molecule is C#CCCCC(=O)C1(c2ccccc2)CCC1. The molecule has 1 nitrogen and oxygen atoms in total. The van der Waals surface area contributed by atoms with Crippen LogP contribution in [0.3, 0.4) is 0 Å². The van der Waals surface area contributed by atoms with Crippen LogP contribution in [0.15, 0.2) is 30.3 Å². The van der Waals surface area contributed by atoms with Gasteiger partial charge in [0.15, 0.2) is 0 Å². The molecule has 0 atom stereocenters. The van der Waals surface area contributed by atoms with Gasteiger partial charge in [-0.2, -0.15) is 0 Å². The average molecular weight is 226 g/mol. The van der Waals surface area contributed by atoms with Crippen molar-refractivity contribution >= 4 is 5.78 Å². The lowest BCUT2D eigenvalue weighted by atomic mass is 9.61. The summed E-state index contributed by atoms with van der Waals surface area (Å²) in [6, 6.07) is 10.2. The van der Waals surface area contributed by atoms with Crippen LogP contribution in [0.2, 0.25) is 0 Å². The first-order valence-electron chi connectivity index (χ1n) is 6.32. The molecule has 0 saturated heterocycles. The molecule has 0 amide bonds. The van der Waals surface area contributed by atoms with E-state index in [4.69, 9.17) is 6.42 Å². The third kappa shape index (κ3) is 2.26.